The summed E-state index contributed by atoms with van der Waals surface area (Å²) in [5, 5.41) is 0. The highest BCUT2D eigenvalue weighted by Gasteiger charge is 2.19. The maximum atomic E-state index is 13.4. The van der Waals surface area contributed by atoms with Gasteiger partial charge in [0, 0.05) is 43.9 Å². The van der Waals surface area contributed by atoms with Gasteiger partial charge in [-0.25, -0.2) is 4.39 Å². The number of Topliss-reactive ketones (excluding diaryl/α,β-unsaturated/α-hetero) is 1. The number of ether oxygens (including phenoxy) is 3. The summed E-state index contributed by atoms with van der Waals surface area (Å²) in [6.45, 7) is 4.35. The van der Waals surface area contributed by atoms with Crippen LogP contribution in [0.3, 0.4) is 0 Å². The van der Waals surface area contributed by atoms with Gasteiger partial charge in [-0.15, -0.1) is 12.4 Å². The van der Waals surface area contributed by atoms with Crippen LogP contribution in [0.25, 0.3) is 0 Å². The topological polar surface area (TPSA) is 51.2 Å². The zero-order valence-corrected chi connectivity index (χ0v) is 19.0. The van der Waals surface area contributed by atoms with Crippen LogP contribution in [0.5, 0.6) is 17.2 Å². The van der Waals surface area contributed by atoms with Crippen molar-refractivity contribution >= 4 is 23.9 Å². The molecule has 170 valence electrons. The third-order valence-corrected chi connectivity index (χ3v) is 5.41. The molecule has 0 aliphatic carbocycles. The van der Waals surface area contributed by atoms with Gasteiger partial charge in [0.1, 0.15) is 5.82 Å². The normalized spacial score (nSPS) is 14.0. The summed E-state index contributed by atoms with van der Waals surface area (Å²) in [5.74, 6) is 1.28. The molecule has 0 N–H and O–H groups in total. The molecular weight excluding hydrogens is 423 g/mol. The Kier molecular flexibility index (Phi) is 9.40. The van der Waals surface area contributed by atoms with E-state index in [0.717, 1.165) is 44.8 Å². The molecular formula is C23H30ClFN2O4. The highest BCUT2D eigenvalue weighted by Crippen LogP contribution is 2.38. The number of nitrogens with zero attached hydrogens (tertiary/aromatic N) is 2. The first kappa shape index (κ1) is 24.8. The molecule has 1 heterocycles. The number of benzene rings is 2. The number of halogens is 2. The molecule has 1 aliphatic rings. The van der Waals surface area contributed by atoms with Gasteiger partial charge < -0.3 is 19.1 Å². The molecule has 0 bridgehead atoms. The molecule has 0 saturated carbocycles. The summed E-state index contributed by atoms with van der Waals surface area (Å²) in [4.78, 5) is 17.2. The molecule has 6 nitrogen and oxygen atoms in total. The summed E-state index contributed by atoms with van der Waals surface area (Å²) in [6.07, 6.45) is 1.22. The van der Waals surface area contributed by atoms with Crippen molar-refractivity contribution in [1.82, 2.24) is 4.90 Å². The van der Waals surface area contributed by atoms with E-state index in [0.29, 0.717) is 29.2 Å². The zero-order valence-electron chi connectivity index (χ0n) is 18.2. The Bertz CT molecular complexity index is 847. The number of hydrogen-bond acceptors (Lipinski definition) is 6. The molecule has 1 saturated heterocycles. The predicted molar refractivity (Wildman–Crippen MR) is 122 cm³/mol. The van der Waals surface area contributed by atoms with Crippen LogP contribution in [0.1, 0.15) is 23.2 Å². The summed E-state index contributed by atoms with van der Waals surface area (Å²) in [6, 6.07) is 10.1. The van der Waals surface area contributed by atoms with Crippen LogP contribution in [0.2, 0.25) is 0 Å². The van der Waals surface area contributed by atoms with Gasteiger partial charge in [0.25, 0.3) is 0 Å². The molecule has 1 fully saturated rings. The van der Waals surface area contributed by atoms with Gasteiger partial charge in [-0.05, 0) is 43.3 Å². The highest BCUT2D eigenvalue weighted by atomic mass is 35.5. The van der Waals surface area contributed by atoms with E-state index in [2.05, 4.69) is 9.80 Å². The van der Waals surface area contributed by atoms with Crippen molar-refractivity contribution < 1.29 is 23.4 Å². The van der Waals surface area contributed by atoms with Crippen LogP contribution in [0.15, 0.2) is 36.4 Å². The fourth-order valence-corrected chi connectivity index (χ4v) is 3.75. The molecule has 0 amide bonds. The Morgan fingerprint density at radius 3 is 2.16 bits per heavy atom. The maximum Gasteiger partial charge on any atom is 0.203 e. The van der Waals surface area contributed by atoms with Gasteiger partial charge in [-0.2, -0.15) is 0 Å². The van der Waals surface area contributed by atoms with Crippen LogP contribution in [0.4, 0.5) is 10.1 Å². The van der Waals surface area contributed by atoms with Crippen LogP contribution in [-0.2, 0) is 0 Å². The number of carbonyl (C=O) groups excluding carboxylic acids is 1. The fraction of sp³-hybridized carbons (Fsp3) is 0.435. The number of rotatable bonds is 9. The van der Waals surface area contributed by atoms with Crippen molar-refractivity contribution in [2.45, 2.75) is 12.8 Å². The van der Waals surface area contributed by atoms with Crippen molar-refractivity contribution in [3.8, 4) is 17.2 Å². The lowest BCUT2D eigenvalue weighted by Crippen LogP contribution is -2.46. The molecule has 2 aromatic carbocycles. The first-order chi connectivity index (χ1) is 14.5. The number of anilines is 1. The van der Waals surface area contributed by atoms with E-state index in [4.69, 9.17) is 14.2 Å². The minimum Gasteiger partial charge on any atom is -0.493 e. The van der Waals surface area contributed by atoms with Gasteiger partial charge in [0.2, 0.25) is 5.75 Å². The molecule has 3 rings (SSSR count). The van der Waals surface area contributed by atoms with Crippen molar-refractivity contribution in [3.63, 3.8) is 0 Å². The molecule has 0 atom stereocenters. The van der Waals surface area contributed by atoms with Crippen LogP contribution >= 0.6 is 12.4 Å². The number of hydrogen-bond donors (Lipinski definition) is 0. The van der Waals surface area contributed by atoms with Crippen molar-refractivity contribution in [2.75, 3.05) is 59.0 Å². The second-order valence-electron chi connectivity index (χ2n) is 7.25. The Labute approximate surface area is 189 Å². The minimum absolute atomic E-state index is 0. The van der Waals surface area contributed by atoms with Gasteiger partial charge in [-0.1, -0.05) is 6.07 Å². The van der Waals surface area contributed by atoms with Gasteiger partial charge >= 0.3 is 0 Å². The van der Waals surface area contributed by atoms with E-state index in [1.165, 1.54) is 27.4 Å². The lowest BCUT2D eigenvalue weighted by molar-refractivity contribution is 0.0973. The Balaban J connectivity index is 0.00000341. The lowest BCUT2D eigenvalue weighted by Gasteiger charge is -2.36. The third-order valence-electron chi connectivity index (χ3n) is 5.41. The molecule has 0 aromatic heterocycles. The smallest absolute Gasteiger partial charge is 0.203 e. The molecule has 1 aliphatic heterocycles. The lowest BCUT2D eigenvalue weighted by atomic mass is 10.0. The third kappa shape index (κ3) is 6.24. The second kappa shape index (κ2) is 11.8. The van der Waals surface area contributed by atoms with Crippen molar-refractivity contribution in [3.05, 3.63) is 47.8 Å². The summed E-state index contributed by atoms with van der Waals surface area (Å²) >= 11 is 0. The molecule has 31 heavy (non-hydrogen) atoms. The van der Waals surface area contributed by atoms with Crippen molar-refractivity contribution in [1.29, 1.82) is 0 Å². The molecule has 0 radical (unpaired) electrons. The van der Waals surface area contributed by atoms with E-state index in [1.807, 2.05) is 6.07 Å². The van der Waals surface area contributed by atoms with Crippen LogP contribution < -0.4 is 19.1 Å². The average molecular weight is 453 g/mol. The summed E-state index contributed by atoms with van der Waals surface area (Å²) < 4.78 is 29.4. The minimum atomic E-state index is -0.208. The van der Waals surface area contributed by atoms with Gasteiger partial charge in [0.15, 0.2) is 17.3 Å². The van der Waals surface area contributed by atoms with Crippen molar-refractivity contribution in [2.24, 2.45) is 0 Å². The average Bonchev–Trinajstić information content (AvgIpc) is 2.78. The predicted octanol–water partition coefficient (Wildman–Crippen LogP) is 4.06. The van der Waals surface area contributed by atoms with Gasteiger partial charge in [0.05, 0.1) is 21.3 Å². The quantitative estimate of drug-likeness (QED) is 0.535. The van der Waals surface area contributed by atoms with Crippen LogP contribution in [0, 0.1) is 5.82 Å². The Hall–Kier alpha value is -2.51. The largest absolute Gasteiger partial charge is 0.493 e. The number of ketones is 1. The monoisotopic (exact) mass is 452 g/mol. The summed E-state index contributed by atoms with van der Waals surface area (Å²) in [7, 11) is 4.61. The summed E-state index contributed by atoms with van der Waals surface area (Å²) in [5.41, 5.74) is 1.48. The Morgan fingerprint density at radius 2 is 1.61 bits per heavy atom. The Morgan fingerprint density at radius 1 is 0.968 bits per heavy atom. The molecule has 0 spiro atoms. The SMILES string of the molecule is COc1cc(C(=O)CCCN2CCN(c3cccc(F)c3)CC2)cc(OC)c1OC.Cl. The van der Waals surface area contributed by atoms with E-state index in [-0.39, 0.29) is 24.0 Å². The molecule has 2 aromatic rings. The highest BCUT2D eigenvalue weighted by molar-refractivity contribution is 5.97. The first-order valence-electron chi connectivity index (χ1n) is 10.1. The number of methoxy groups -OCH3 is 3. The molecule has 8 heteroatoms. The first-order valence-corrected chi connectivity index (χ1v) is 10.1. The second-order valence-corrected chi connectivity index (χ2v) is 7.25. The maximum absolute atomic E-state index is 13.4. The standard InChI is InChI=1S/C23H29FN2O4.ClH/c1-28-21-14-17(15-22(29-2)23(21)30-3)20(27)8-5-9-25-10-12-26(13-11-25)19-7-4-6-18(24)16-19;/h4,6-7,14-16H,5,8-13H2,1-3H3;1H. The number of piperazine rings is 1. The van der Waals surface area contributed by atoms with E-state index in [9.17, 15) is 9.18 Å². The van der Waals surface area contributed by atoms with E-state index < -0.39 is 0 Å². The van der Waals surface area contributed by atoms with E-state index in [1.54, 1.807) is 24.3 Å². The fourth-order valence-electron chi connectivity index (χ4n) is 3.75. The number of carbonyl (C=O) groups is 1. The molecule has 0 unspecified atom stereocenters. The van der Waals surface area contributed by atoms with Crippen LogP contribution in [-0.4, -0.2) is 64.7 Å². The van der Waals surface area contributed by atoms with Gasteiger partial charge in [-0.3, -0.25) is 9.69 Å². The zero-order chi connectivity index (χ0) is 21.5. The van der Waals surface area contributed by atoms with E-state index >= 15 is 0 Å².